The Hall–Kier alpha value is -3.26. The summed E-state index contributed by atoms with van der Waals surface area (Å²) in [4.78, 5) is 23.4. The fourth-order valence-corrected chi connectivity index (χ4v) is 3.92. The zero-order chi connectivity index (χ0) is 26.2. The van der Waals surface area contributed by atoms with Crippen LogP contribution in [0, 0.1) is 0 Å². The van der Waals surface area contributed by atoms with Crippen LogP contribution in [0.15, 0.2) is 54.6 Å². The van der Waals surface area contributed by atoms with Crippen molar-refractivity contribution in [3.8, 4) is 17.2 Å². The summed E-state index contributed by atoms with van der Waals surface area (Å²) in [5.74, 6) is -0.764. The second-order valence-electron chi connectivity index (χ2n) is 8.34. The average Bonchev–Trinajstić information content (AvgIpc) is 2.83. The van der Waals surface area contributed by atoms with Gasteiger partial charge in [-0.3, -0.25) is 4.79 Å². The quantitative estimate of drug-likeness (QED) is 0.218. The first kappa shape index (κ1) is 27.3. The molecule has 3 aromatic rings. The van der Waals surface area contributed by atoms with E-state index in [0.29, 0.717) is 30.3 Å². The highest BCUT2D eigenvalue weighted by atomic mass is 35.5. The Bertz CT molecular complexity index is 1210. The van der Waals surface area contributed by atoms with Crippen molar-refractivity contribution in [2.24, 2.45) is 0 Å². The van der Waals surface area contributed by atoms with Gasteiger partial charge in [-0.15, -0.1) is 0 Å². The maximum absolute atomic E-state index is 11.9. The standard InChI is InChI=1S/C27H28Cl2N2O5/c1-4-35-27(34)26(33)31-20-12-22(28)25(23(29)13-20)36-21-9-10-24(32)19(11-21)15-30-14-17-5-7-18(8-6-17)16(2)3/h5-13,16,30,32H,4,14-15H2,1-3H3,(H,31,33). The summed E-state index contributed by atoms with van der Waals surface area (Å²) >= 11 is 12.6. The molecule has 7 nitrogen and oxygen atoms in total. The van der Waals surface area contributed by atoms with Crippen molar-refractivity contribution in [3.05, 3.63) is 81.3 Å². The van der Waals surface area contributed by atoms with Crippen LogP contribution in [-0.4, -0.2) is 23.6 Å². The molecule has 0 spiro atoms. The number of phenols is 1. The maximum Gasteiger partial charge on any atom is 0.397 e. The Morgan fingerprint density at radius 1 is 0.972 bits per heavy atom. The number of phenolic OH excluding ortho intramolecular Hbond substituents is 1. The summed E-state index contributed by atoms with van der Waals surface area (Å²) in [6.45, 7) is 7.04. The summed E-state index contributed by atoms with van der Waals surface area (Å²) < 4.78 is 10.5. The Kier molecular flexibility index (Phi) is 9.58. The second kappa shape index (κ2) is 12.6. The average molecular weight is 531 g/mol. The molecule has 0 saturated heterocycles. The topological polar surface area (TPSA) is 96.9 Å². The first-order valence-corrected chi connectivity index (χ1v) is 12.2. The molecule has 0 heterocycles. The third kappa shape index (κ3) is 7.37. The van der Waals surface area contributed by atoms with Gasteiger partial charge in [-0.2, -0.15) is 0 Å². The van der Waals surface area contributed by atoms with E-state index in [1.165, 1.54) is 23.8 Å². The number of benzene rings is 3. The van der Waals surface area contributed by atoms with Gasteiger partial charge in [0.15, 0.2) is 5.75 Å². The highest BCUT2D eigenvalue weighted by Crippen LogP contribution is 2.39. The molecule has 0 aliphatic heterocycles. The first-order chi connectivity index (χ1) is 17.2. The number of ether oxygens (including phenoxy) is 2. The molecule has 3 N–H and O–H groups in total. The Morgan fingerprint density at radius 2 is 1.64 bits per heavy atom. The van der Waals surface area contributed by atoms with Gasteiger partial charge in [0.05, 0.1) is 16.7 Å². The Balaban J connectivity index is 1.66. The number of anilines is 1. The minimum atomic E-state index is -1.01. The molecule has 9 heteroatoms. The van der Waals surface area contributed by atoms with E-state index in [1.807, 2.05) is 0 Å². The predicted molar refractivity (Wildman–Crippen MR) is 141 cm³/mol. The number of carbonyl (C=O) groups is 2. The van der Waals surface area contributed by atoms with Crippen molar-refractivity contribution in [1.29, 1.82) is 0 Å². The van der Waals surface area contributed by atoms with Crippen molar-refractivity contribution >= 4 is 40.8 Å². The lowest BCUT2D eigenvalue weighted by atomic mass is 10.0. The summed E-state index contributed by atoms with van der Waals surface area (Å²) in [7, 11) is 0. The lowest BCUT2D eigenvalue weighted by Gasteiger charge is -2.14. The number of aromatic hydroxyl groups is 1. The van der Waals surface area contributed by atoms with Gasteiger partial charge < -0.3 is 25.2 Å². The number of rotatable bonds is 9. The smallest absolute Gasteiger partial charge is 0.397 e. The Morgan fingerprint density at radius 3 is 2.25 bits per heavy atom. The van der Waals surface area contributed by atoms with Gasteiger partial charge in [-0.05, 0) is 54.3 Å². The van der Waals surface area contributed by atoms with Crippen molar-refractivity contribution in [2.75, 3.05) is 11.9 Å². The van der Waals surface area contributed by atoms with E-state index >= 15 is 0 Å². The highest BCUT2D eigenvalue weighted by molar-refractivity contribution is 6.39. The molecular formula is C27H28Cl2N2O5. The normalized spacial score (nSPS) is 10.8. The molecule has 36 heavy (non-hydrogen) atoms. The molecular weight excluding hydrogens is 503 g/mol. The van der Waals surface area contributed by atoms with Crippen LogP contribution in [-0.2, 0) is 27.4 Å². The van der Waals surface area contributed by atoms with Gasteiger partial charge in [0.2, 0.25) is 0 Å². The summed E-state index contributed by atoms with van der Waals surface area (Å²) in [6.07, 6.45) is 0. The second-order valence-corrected chi connectivity index (χ2v) is 9.15. The van der Waals surface area contributed by atoms with Crippen LogP contribution in [0.2, 0.25) is 10.0 Å². The highest BCUT2D eigenvalue weighted by Gasteiger charge is 2.18. The molecule has 0 aromatic heterocycles. The summed E-state index contributed by atoms with van der Waals surface area (Å²) in [6, 6.07) is 16.0. The van der Waals surface area contributed by atoms with Gasteiger partial charge in [0, 0.05) is 24.3 Å². The van der Waals surface area contributed by atoms with Crippen LogP contribution in [0.1, 0.15) is 43.4 Å². The number of hydrogen-bond donors (Lipinski definition) is 3. The van der Waals surface area contributed by atoms with Crippen LogP contribution < -0.4 is 15.4 Å². The molecule has 0 unspecified atom stereocenters. The van der Waals surface area contributed by atoms with Gasteiger partial charge in [0.1, 0.15) is 11.5 Å². The Labute approximate surface area is 220 Å². The number of hydrogen-bond acceptors (Lipinski definition) is 6. The van der Waals surface area contributed by atoms with E-state index in [4.69, 9.17) is 27.9 Å². The molecule has 0 bridgehead atoms. The zero-order valence-electron chi connectivity index (χ0n) is 20.2. The molecule has 0 aliphatic rings. The van der Waals surface area contributed by atoms with E-state index in [-0.39, 0.29) is 33.8 Å². The largest absolute Gasteiger partial charge is 0.508 e. The summed E-state index contributed by atoms with van der Waals surface area (Å²) in [5, 5.41) is 16.2. The lowest BCUT2D eigenvalue weighted by molar-refractivity contribution is -0.152. The molecule has 3 rings (SSSR count). The van der Waals surface area contributed by atoms with E-state index in [2.05, 4.69) is 53.5 Å². The van der Waals surface area contributed by atoms with Crippen molar-refractivity contribution in [3.63, 3.8) is 0 Å². The first-order valence-electron chi connectivity index (χ1n) is 11.4. The molecule has 0 fully saturated rings. The van der Waals surface area contributed by atoms with Crippen molar-refractivity contribution < 1.29 is 24.2 Å². The van der Waals surface area contributed by atoms with Crippen molar-refractivity contribution in [1.82, 2.24) is 5.32 Å². The molecule has 3 aromatic carbocycles. The van der Waals surface area contributed by atoms with Gasteiger partial charge in [-0.1, -0.05) is 61.3 Å². The predicted octanol–water partition coefficient (Wildman–Crippen LogP) is 6.41. The monoisotopic (exact) mass is 530 g/mol. The van der Waals surface area contributed by atoms with E-state index in [1.54, 1.807) is 19.1 Å². The molecule has 0 aliphatic carbocycles. The van der Waals surface area contributed by atoms with E-state index in [9.17, 15) is 14.7 Å². The number of esters is 1. The number of nitrogens with one attached hydrogen (secondary N) is 2. The minimum absolute atomic E-state index is 0.0794. The fourth-order valence-electron chi connectivity index (χ4n) is 3.36. The van der Waals surface area contributed by atoms with E-state index < -0.39 is 11.9 Å². The number of halogens is 2. The maximum atomic E-state index is 11.9. The van der Waals surface area contributed by atoms with Crippen LogP contribution in [0.3, 0.4) is 0 Å². The van der Waals surface area contributed by atoms with Crippen LogP contribution >= 0.6 is 23.2 Å². The minimum Gasteiger partial charge on any atom is -0.508 e. The van der Waals surface area contributed by atoms with Gasteiger partial charge in [0.25, 0.3) is 0 Å². The molecule has 1 amide bonds. The molecule has 190 valence electrons. The zero-order valence-corrected chi connectivity index (χ0v) is 21.7. The van der Waals surface area contributed by atoms with Crippen molar-refractivity contribution in [2.45, 2.75) is 39.8 Å². The molecule has 0 radical (unpaired) electrons. The number of amides is 1. The van der Waals surface area contributed by atoms with Crippen LogP contribution in [0.4, 0.5) is 5.69 Å². The van der Waals surface area contributed by atoms with Gasteiger partial charge >= 0.3 is 11.9 Å². The molecule has 0 atom stereocenters. The SMILES string of the molecule is CCOC(=O)C(=O)Nc1cc(Cl)c(Oc2ccc(O)c(CNCc3ccc(C(C)C)cc3)c2)c(Cl)c1. The third-order valence-electron chi connectivity index (χ3n) is 5.28. The van der Waals surface area contributed by atoms with Gasteiger partial charge in [-0.25, -0.2) is 4.79 Å². The van der Waals surface area contributed by atoms with E-state index in [0.717, 1.165) is 5.56 Å². The fraction of sp³-hybridized carbons (Fsp3) is 0.259. The molecule has 0 saturated carbocycles. The number of carbonyl (C=O) groups excluding carboxylic acids is 2. The lowest BCUT2D eigenvalue weighted by Crippen LogP contribution is -2.24. The third-order valence-corrected chi connectivity index (χ3v) is 5.84. The van der Waals surface area contributed by atoms with Crippen LogP contribution in [0.5, 0.6) is 17.2 Å². The summed E-state index contributed by atoms with van der Waals surface area (Å²) in [5.41, 5.74) is 3.28. The van der Waals surface area contributed by atoms with Crippen LogP contribution in [0.25, 0.3) is 0 Å².